The molecule has 88 valence electrons. The summed E-state index contributed by atoms with van der Waals surface area (Å²) >= 11 is 0. The van der Waals surface area contributed by atoms with Gasteiger partial charge in [-0.3, -0.25) is 4.79 Å². The van der Waals surface area contributed by atoms with Gasteiger partial charge in [0.1, 0.15) is 0 Å². The Morgan fingerprint density at radius 1 is 1.27 bits per heavy atom. The lowest BCUT2D eigenvalue weighted by Gasteiger charge is -2.08. The van der Waals surface area contributed by atoms with Crippen LogP contribution in [0.25, 0.3) is 0 Å². The van der Waals surface area contributed by atoms with Gasteiger partial charge in [-0.1, -0.05) is 13.8 Å². The molecule has 4 heteroatoms. The molecule has 0 aliphatic rings. The third-order valence-corrected chi connectivity index (χ3v) is 2.28. The van der Waals surface area contributed by atoms with Crippen LogP contribution in [-0.4, -0.2) is 18.5 Å². The third-order valence-electron chi connectivity index (χ3n) is 2.28. The van der Waals surface area contributed by atoms with Crippen molar-refractivity contribution in [1.82, 2.24) is 0 Å². The van der Waals surface area contributed by atoms with Gasteiger partial charge in [-0.05, 0) is 32.1 Å². The highest BCUT2D eigenvalue weighted by molar-refractivity contribution is 5.71. The molecule has 0 saturated carbocycles. The van der Waals surface area contributed by atoms with Crippen LogP contribution in [0.5, 0.6) is 0 Å². The number of carboxylic acids is 1. The molecule has 0 radical (unpaired) electrons. The SMILES string of the molecule is CCC(C)C(=O)OCCCCCC(=O)[O-]. The van der Waals surface area contributed by atoms with E-state index in [9.17, 15) is 14.7 Å². The van der Waals surface area contributed by atoms with Crippen LogP contribution in [0.3, 0.4) is 0 Å². The molecule has 1 atom stereocenters. The fraction of sp³-hybridized carbons (Fsp3) is 0.818. The topological polar surface area (TPSA) is 66.4 Å². The molecule has 0 spiro atoms. The van der Waals surface area contributed by atoms with E-state index in [0.717, 1.165) is 19.3 Å². The number of ether oxygens (including phenoxy) is 1. The Morgan fingerprint density at radius 3 is 2.47 bits per heavy atom. The predicted molar refractivity (Wildman–Crippen MR) is 53.9 cm³/mol. The van der Waals surface area contributed by atoms with Gasteiger partial charge in [-0.25, -0.2) is 0 Å². The van der Waals surface area contributed by atoms with Gasteiger partial charge in [-0.2, -0.15) is 0 Å². The summed E-state index contributed by atoms with van der Waals surface area (Å²) in [4.78, 5) is 21.3. The maximum absolute atomic E-state index is 11.2. The van der Waals surface area contributed by atoms with Crippen molar-refractivity contribution in [2.45, 2.75) is 46.0 Å². The Bertz CT molecular complexity index is 201. The summed E-state index contributed by atoms with van der Waals surface area (Å²) in [6.07, 6.45) is 2.92. The Morgan fingerprint density at radius 2 is 1.93 bits per heavy atom. The van der Waals surface area contributed by atoms with Crippen LogP contribution in [-0.2, 0) is 14.3 Å². The lowest BCUT2D eigenvalue weighted by Crippen LogP contribution is -2.21. The van der Waals surface area contributed by atoms with Crippen molar-refractivity contribution < 1.29 is 19.4 Å². The minimum absolute atomic E-state index is 0.0479. The van der Waals surface area contributed by atoms with Crippen LogP contribution < -0.4 is 5.11 Å². The second-order valence-corrected chi connectivity index (χ2v) is 3.66. The maximum Gasteiger partial charge on any atom is 0.308 e. The standard InChI is InChI=1S/C11H20O4/c1-3-9(2)11(14)15-8-6-4-5-7-10(12)13/h9H,3-8H2,1-2H3,(H,12,13)/p-1. The molecule has 4 nitrogen and oxygen atoms in total. The first-order valence-electron chi connectivity index (χ1n) is 5.44. The van der Waals surface area contributed by atoms with Crippen molar-refractivity contribution >= 4 is 11.9 Å². The van der Waals surface area contributed by atoms with E-state index in [4.69, 9.17) is 4.74 Å². The zero-order valence-corrected chi connectivity index (χ0v) is 9.45. The first kappa shape index (κ1) is 13.9. The average molecular weight is 215 g/mol. The van der Waals surface area contributed by atoms with Crippen molar-refractivity contribution in [2.24, 2.45) is 5.92 Å². The van der Waals surface area contributed by atoms with Gasteiger partial charge in [0.2, 0.25) is 0 Å². The maximum atomic E-state index is 11.2. The largest absolute Gasteiger partial charge is 0.550 e. The molecule has 0 bridgehead atoms. The van der Waals surface area contributed by atoms with Crippen LogP contribution in [0.15, 0.2) is 0 Å². The highest BCUT2D eigenvalue weighted by atomic mass is 16.5. The van der Waals surface area contributed by atoms with Gasteiger partial charge in [0.25, 0.3) is 0 Å². The molecular weight excluding hydrogens is 196 g/mol. The number of carboxylic acid groups (broad SMARTS) is 1. The summed E-state index contributed by atoms with van der Waals surface area (Å²) < 4.78 is 5.00. The number of aliphatic carboxylic acids is 1. The summed E-state index contributed by atoms with van der Waals surface area (Å²) in [5, 5.41) is 10.1. The van der Waals surface area contributed by atoms with Gasteiger partial charge in [0, 0.05) is 5.97 Å². The highest BCUT2D eigenvalue weighted by Gasteiger charge is 2.10. The fourth-order valence-electron chi connectivity index (χ4n) is 1.03. The molecule has 0 amide bonds. The number of carbonyl (C=O) groups excluding carboxylic acids is 2. The van der Waals surface area contributed by atoms with E-state index in [1.165, 1.54) is 0 Å². The molecule has 0 aromatic heterocycles. The van der Waals surface area contributed by atoms with Crippen LogP contribution >= 0.6 is 0 Å². The zero-order valence-electron chi connectivity index (χ0n) is 9.45. The third kappa shape index (κ3) is 7.97. The Kier molecular flexibility index (Phi) is 7.68. The van der Waals surface area contributed by atoms with E-state index >= 15 is 0 Å². The Balaban J connectivity index is 3.31. The molecule has 15 heavy (non-hydrogen) atoms. The molecule has 0 aromatic rings. The number of hydrogen-bond acceptors (Lipinski definition) is 4. The lowest BCUT2D eigenvalue weighted by atomic mass is 10.1. The summed E-state index contributed by atoms with van der Waals surface area (Å²) in [7, 11) is 0. The van der Waals surface area contributed by atoms with Crippen molar-refractivity contribution in [2.75, 3.05) is 6.61 Å². The molecule has 0 aliphatic heterocycles. The first-order valence-corrected chi connectivity index (χ1v) is 5.44. The number of rotatable bonds is 8. The molecular formula is C11H19O4-. The van der Waals surface area contributed by atoms with Crippen LogP contribution in [0.4, 0.5) is 0 Å². The summed E-state index contributed by atoms with van der Waals surface area (Å²) in [6, 6.07) is 0. The van der Waals surface area contributed by atoms with Gasteiger partial charge in [0.05, 0.1) is 12.5 Å². The van der Waals surface area contributed by atoms with Crippen LogP contribution in [0, 0.1) is 5.92 Å². The van der Waals surface area contributed by atoms with Gasteiger partial charge in [-0.15, -0.1) is 0 Å². The van der Waals surface area contributed by atoms with Gasteiger partial charge < -0.3 is 14.6 Å². The minimum Gasteiger partial charge on any atom is -0.550 e. The molecule has 0 rings (SSSR count). The quantitative estimate of drug-likeness (QED) is 0.445. The van der Waals surface area contributed by atoms with Gasteiger partial charge >= 0.3 is 5.97 Å². The monoisotopic (exact) mass is 215 g/mol. The van der Waals surface area contributed by atoms with Gasteiger partial charge in [0.15, 0.2) is 0 Å². The molecule has 0 fully saturated rings. The van der Waals surface area contributed by atoms with Crippen LogP contribution in [0.1, 0.15) is 46.0 Å². The lowest BCUT2D eigenvalue weighted by molar-refractivity contribution is -0.305. The number of esters is 1. The first-order chi connectivity index (χ1) is 7.07. The van der Waals surface area contributed by atoms with E-state index < -0.39 is 5.97 Å². The molecule has 1 unspecified atom stereocenters. The van der Waals surface area contributed by atoms with E-state index in [0.29, 0.717) is 13.0 Å². The van der Waals surface area contributed by atoms with E-state index in [-0.39, 0.29) is 18.3 Å². The fourth-order valence-corrected chi connectivity index (χ4v) is 1.03. The number of hydrogen-bond donors (Lipinski definition) is 0. The smallest absolute Gasteiger partial charge is 0.308 e. The van der Waals surface area contributed by atoms with E-state index in [1.54, 1.807) is 0 Å². The summed E-state index contributed by atoms with van der Waals surface area (Å²) in [5.74, 6) is -1.24. The second kappa shape index (κ2) is 8.26. The van der Waals surface area contributed by atoms with Crippen LogP contribution in [0.2, 0.25) is 0 Å². The average Bonchev–Trinajstić information content (AvgIpc) is 2.21. The Hall–Kier alpha value is -1.06. The molecule has 0 heterocycles. The van der Waals surface area contributed by atoms with Crippen molar-refractivity contribution in [3.8, 4) is 0 Å². The molecule has 0 aliphatic carbocycles. The molecule has 0 saturated heterocycles. The number of carbonyl (C=O) groups is 2. The number of unbranched alkanes of at least 4 members (excludes halogenated alkanes) is 2. The zero-order chi connectivity index (χ0) is 11.7. The molecule has 0 aromatic carbocycles. The van der Waals surface area contributed by atoms with E-state index in [1.807, 2.05) is 13.8 Å². The summed E-state index contributed by atoms with van der Waals surface area (Å²) in [6.45, 7) is 4.15. The highest BCUT2D eigenvalue weighted by Crippen LogP contribution is 2.05. The van der Waals surface area contributed by atoms with E-state index in [2.05, 4.69) is 0 Å². The van der Waals surface area contributed by atoms with Crippen molar-refractivity contribution in [3.05, 3.63) is 0 Å². The molecule has 0 N–H and O–H groups in total. The van der Waals surface area contributed by atoms with Crippen molar-refractivity contribution in [3.63, 3.8) is 0 Å². The predicted octanol–water partition coefficient (Wildman–Crippen LogP) is 0.886. The summed E-state index contributed by atoms with van der Waals surface area (Å²) in [5.41, 5.74) is 0. The van der Waals surface area contributed by atoms with Crippen molar-refractivity contribution in [1.29, 1.82) is 0 Å². The normalized spacial score (nSPS) is 12.1. The minimum atomic E-state index is -1.02. The Labute approximate surface area is 90.6 Å². The second-order valence-electron chi connectivity index (χ2n) is 3.66.